The van der Waals surface area contributed by atoms with Crippen molar-refractivity contribution < 1.29 is 0 Å². The SMILES string of the molecule is CNCc1sc(C(C)C)nc1Br. The lowest BCUT2D eigenvalue weighted by molar-refractivity contribution is 0.822. The van der Waals surface area contributed by atoms with Gasteiger partial charge in [-0.2, -0.15) is 0 Å². The molecule has 1 N–H and O–H groups in total. The van der Waals surface area contributed by atoms with Gasteiger partial charge in [-0.3, -0.25) is 0 Å². The normalized spacial score (nSPS) is 11.1. The second kappa shape index (κ2) is 4.35. The molecule has 68 valence electrons. The molecule has 0 bridgehead atoms. The highest BCUT2D eigenvalue weighted by Gasteiger charge is 2.09. The zero-order valence-electron chi connectivity index (χ0n) is 7.52. The molecule has 0 unspecified atom stereocenters. The lowest BCUT2D eigenvalue weighted by atomic mass is 10.2. The van der Waals surface area contributed by atoms with Crippen LogP contribution in [-0.2, 0) is 6.54 Å². The first kappa shape index (κ1) is 10.2. The van der Waals surface area contributed by atoms with Gasteiger partial charge in [-0.15, -0.1) is 11.3 Å². The minimum Gasteiger partial charge on any atom is -0.315 e. The molecule has 1 aromatic heterocycles. The average molecular weight is 249 g/mol. The van der Waals surface area contributed by atoms with Crippen LogP contribution in [0.25, 0.3) is 0 Å². The first-order chi connectivity index (χ1) is 5.65. The number of nitrogens with zero attached hydrogens (tertiary/aromatic N) is 1. The molecule has 0 aromatic carbocycles. The Balaban J connectivity index is 2.85. The molecule has 0 spiro atoms. The van der Waals surface area contributed by atoms with E-state index < -0.39 is 0 Å². The van der Waals surface area contributed by atoms with Crippen molar-refractivity contribution in [3.63, 3.8) is 0 Å². The highest BCUT2D eigenvalue weighted by molar-refractivity contribution is 9.10. The monoisotopic (exact) mass is 248 g/mol. The van der Waals surface area contributed by atoms with Crippen LogP contribution in [-0.4, -0.2) is 12.0 Å². The van der Waals surface area contributed by atoms with E-state index in [-0.39, 0.29) is 0 Å². The first-order valence-corrected chi connectivity index (χ1v) is 5.55. The van der Waals surface area contributed by atoms with Gasteiger partial charge in [0.05, 0.1) is 9.88 Å². The molecule has 1 rings (SSSR count). The Bertz CT molecular complexity index is 258. The second-order valence-electron chi connectivity index (χ2n) is 2.95. The van der Waals surface area contributed by atoms with Crippen molar-refractivity contribution in [2.24, 2.45) is 0 Å². The average Bonchev–Trinajstić information content (AvgIpc) is 2.34. The van der Waals surface area contributed by atoms with Crippen LogP contribution in [0.5, 0.6) is 0 Å². The third kappa shape index (κ3) is 2.28. The highest BCUT2D eigenvalue weighted by atomic mass is 79.9. The minimum absolute atomic E-state index is 0.525. The molecule has 0 saturated carbocycles. The van der Waals surface area contributed by atoms with E-state index in [1.807, 2.05) is 7.05 Å². The van der Waals surface area contributed by atoms with E-state index in [9.17, 15) is 0 Å². The molecule has 4 heteroatoms. The maximum absolute atomic E-state index is 4.42. The third-order valence-corrected chi connectivity index (χ3v) is 3.77. The summed E-state index contributed by atoms with van der Waals surface area (Å²) >= 11 is 5.22. The molecule has 0 atom stereocenters. The molecule has 0 amide bonds. The number of thiazole rings is 1. The molecule has 0 fully saturated rings. The minimum atomic E-state index is 0.525. The first-order valence-electron chi connectivity index (χ1n) is 3.94. The van der Waals surface area contributed by atoms with Gasteiger partial charge in [0, 0.05) is 12.5 Å². The molecule has 2 nitrogen and oxygen atoms in total. The van der Waals surface area contributed by atoms with E-state index in [0.29, 0.717) is 5.92 Å². The summed E-state index contributed by atoms with van der Waals surface area (Å²) in [5, 5.41) is 4.32. The van der Waals surface area contributed by atoms with Crippen LogP contribution in [0.4, 0.5) is 0 Å². The van der Waals surface area contributed by atoms with Crippen LogP contribution in [0, 0.1) is 0 Å². The van der Waals surface area contributed by atoms with E-state index >= 15 is 0 Å². The van der Waals surface area contributed by atoms with Gasteiger partial charge in [-0.05, 0) is 23.0 Å². The van der Waals surface area contributed by atoms with Crippen molar-refractivity contribution in [1.82, 2.24) is 10.3 Å². The molecule has 12 heavy (non-hydrogen) atoms. The number of rotatable bonds is 3. The summed E-state index contributed by atoms with van der Waals surface area (Å²) in [4.78, 5) is 5.70. The lowest BCUT2D eigenvalue weighted by Gasteiger charge is -1.95. The zero-order valence-corrected chi connectivity index (χ0v) is 9.92. The number of halogens is 1. The Kier molecular flexibility index (Phi) is 3.68. The fraction of sp³-hybridized carbons (Fsp3) is 0.625. The number of hydrogen-bond donors (Lipinski definition) is 1. The van der Waals surface area contributed by atoms with Crippen LogP contribution in [0.15, 0.2) is 4.60 Å². The van der Waals surface area contributed by atoms with Crippen molar-refractivity contribution in [3.8, 4) is 0 Å². The molecular weight excluding hydrogens is 236 g/mol. The topological polar surface area (TPSA) is 24.9 Å². The predicted octanol–water partition coefficient (Wildman–Crippen LogP) is 2.75. The van der Waals surface area contributed by atoms with Gasteiger partial charge in [-0.1, -0.05) is 13.8 Å². The summed E-state index contributed by atoms with van der Waals surface area (Å²) in [7, 11) is 1.95. The second-order valence-corrected chi connectivity index (χ2v) is 4.82. The number of aromatic nitrogens is 1. The van der Waals surface area contributed by atoms with Crippen LogP contribution in [0.3, 0.4) is 0 Å². The molecule has 0 saturated heterocycles. The van der Waals surface area contributed by atoms with Gasteiger partial charge in [0.25, 0.3) is 0 Å². The summed E-state index contributed by atoms with van der Waals surface area (Å²) < 4.78 is 0.991. The maximum atomic E-state index is 4.42. The Morgan fingerprint density at radius 2 is 2.25 bits per heavy atom. The standard InChI is InChI=1S/C8H13BrN2S/c1-5(2)8-11-7(9)6(12-8)4-10-3/h5,10H,4H2,1-3H3. The Morgan fingerprint density at radius 1 is 1.58 bits per heavy atom. The highest BCUT2D eigenvalue weighted by Crippen LogP contribution is 2.27. The Morgan fingerprint density at radius 3 is 2.67 bits per heavy atom. The van der Waals surface area contributed by atoms with Gasteiger partial charge >= 0.3 is 0 Å². The molecule has 0 radical (unpaired) electrons. The quantitative estimate of drug-likeness (QED) is 0.890. The van der Waals surface area contributed by atoms with E-state index in [4.69, 9.17) is 0 Å². The molecule has 0 aliphatic carbocycles. The maximum Gasteiger partial charge on any atom is 0.121 e. The van der Waals surface area contributed by atoms with Crippen LogP contribution in [0.1, 0.15) is 29.7 Å². The molecule has 0 aliphatic heterocycles. The zero-order chi connectivity index (χ0) is 9.14. The van der Waals surface area contributed by atoms with Gasteiger partial charge < -0.3 is 5.32 Å². The summed E-state index contributed by atoms with van der Waals surface area (Å²) in [5.41, 5.74) is 0. The fourth-order valence-corrected chi connectivity index (χ4v) is 2.53. The summed E-state index contributed by atoms with van der Waals surface area (Å²) in [6.07, 6.45) is 0. The largest absolute Gasteiger partial charge is 0.315 e. The van der Waals surface area contributed by atoms with Crippen LogP contribution in [0.2, 0.25) is 0 Å². The molecular formula is C8H13BrN2S. The van der Waals surface area contributed by atoms with Crippen LogP contribution < -0.4 is 5.32 Å². The Hall–Kier alpha value is 0.0700. The van der Waals surface area contributed by atoms with Crippen molar-refractivity contribution >= 4 is 27.3 Å². The van der Waals surface area contributed by atoms with Crippen molar-refractivity contribution in [1.29, 1.82) is 0 Å². The summed E-state index contributed by atoms with van der Waals surface area (Å²) in [5.74, 6) is 0.525. The predicted molar refractivity (Wildman–Crippen MR) is 56.7 cm³/mol. The van der Waals surface area contributed by atoms with Crippen molar-refractivity contribution in [2.75, 3.05) is 7.05 Å². The van der Waals surface area contributed by atoms with Gasteiger partial charge in [0.15, 0.2) is 0 Å². The lowest BCUT2D eigenvalue weighted by Crippen LogP contribution is -2.03. The van der Waals surface area contributed by atoms with Gasteiger partial charge in [-0.25, -0.2) is 4.98 Å². The van der Waals surface area contributed by atoms with E-state index in [1.165, 1.54) is 9.88 Å². The smallest absolute Gasteiger partial charge is 0.121 e. The number of nitrogens with one attached hydrogen (secondary N) is 1. The fourth-order valence-electron chi connectivity index (χ4n) is 0.867. The van der Waals surface area contributed by atoms with Gasteiger partial charge in [0.2, 0.25) is 0 Å². The number of hydrogen-bond acceptors (Lipinski definition) is 3. The van der Waals surface area contributed by atoms with Crippen molar-refractivity contribution in [3.05, 3.63) is 14.5 Å². The molecule has 1 heterocycles. The van der Waals surface area contributed by atoms with E-state index in [1.54, 1.807) is 11.3 Å². The summed E-state index contributed by atoms with van der Waals surface area (Å²) in [6.45, 7) is 5.22. The Labute approximate surface area is 85.5 Å². The van der Waals surface area contributed by atoms with Crippen LogP contribution >= 0.6 is 27.3 Å². The van der Waals surface area contributed by atoms with E-state index in [0.717, 1.165) is 11.1 Å². The van der Waals surface area contributed by atoms with Gasteiger partial charge in [0.1, 0.15) is 4.60 Å². The molecule has 1 aromatic rings. The molecule has 0 aliphatic rings. The summed E-state index contributed by atoms with van der Waals surface area (Å²) in [6, 6.07) is 0. The van der Waals surface area contributed by atoms with Crippen molar-refractivity contribution in [2.45, 2.75) is 26.3 Å². The van der Waals surface area contributed by atoms with E-state index in [2.05, 4.69) is 40.1 Å². The third-order valence-electron chi connectivity index (χ3n) is 1.50.